The quantitative estimate of drug-likeness (QED) is 0.393. The third kappa shape index (κ3) is 6.36. The van der Waals surface area contributed by atoms with E-state index in [4.69, 9.17) is 10.8 Å². The highest BCUT2D eigenvalue weighted by Crippen LogP contribution is 1.98. The normalized spacial score (nSPS) is 14.2. The SMILES string of the molecule is COC(=O)C(C)NCCCC[C@H](N)C(=O)O. The minimum atomic E-state index is -0.976. The number of aliphatic carboxylic acids is 1. The van der Waals surface area contributed by atoms with Gasteiger partial charge in [0.1, 0.15) is 12.1 Å². The lowest BCUT2D eigenvalue weighted by Crippen LogP contribution is -2.35. The van der Waals surface area contributed by atoms with E-state index in [1.165, 1.54) is 7.11 Å². The molecule has 6 nitrogen and oxygen atoms in total. The molecule has 4 N–H and O–H groups in total. The van der Waals surface area contributed by atoms with Gasteiger partial charge in [-0.05, 0) is 26.3 Å². The van der Waals surface area contributed by atoms with Crippen molar-refractivity contribution in [3.8, 4) is 0 Å². The van der Waals surface area contributed by atoms with E-state index in [-0.39, 0.29) is 12.0 Å². The number of nitrogens with two attached hydrogens (primary N) is 1. The molecule has 0 aliphatic rings. The number of rotatable bonds is 8. The van der Waals surface area contributed by atoms with Crippen LogP contribution in [0.5, 0.6) is 0 Å². The highest BCUT2D eigenvalue weighted by atomic mass is 16.5. The fourth-order valence-electron chi connectivity index (χ4n) is 1.19. The molecule has 0 rings (SSSR count). The van der Waals surface area contributed by atoms with Gasteiger partial charge in [0.15, 0.2) is 0 Å². The second-order valence-corrected chi connectivity index (χ2v) is 3.64. The molecular weight excluding hydrogens is 212 g/mol. The van der Waals surface area contributed by atoms with Gasteiger partial charge < -0.3 is 20.9 Å². The average Bonchev–Trinajstić information content (AvgIpc) is 2.26. The number of nitrogens with one attached hydrogen (secondary N) is 1. The third-order valence-corrected chi connectivity index (χ3v) is 2.26. The summed E-state index contributed by atoms with van der Waals surface area (Å²) in [6.45, 7) is 2.36. The monoisotopic (exact) mass is 232 g/mol. The Morgan fingerprint density at radius 2 is 2.06 bits per heavy atom. The summed E-state index contributed by atoms with van der Waals surface area (Å²) in [7, 11) is 1.34. The zero-order valence-electron chi connectivity index (χ0n) is 9.73. The summed E-state index contributed by atoms with van der Waals surface area (Å²) >= 11 is 0. The van der Waals surface area contributed by atoms with Crippen molar-refractivity contribution in [3.63, 3.8) is 0 Å². The molecule has 0 aromatic carbocycles. The molecular formula is C10H20N2O4. The van der Waals surface area contributed by atoms with Crippen molar-refractivity contribution in [2.75, 3.05) is 13.7 Å². The molecule has 0 aromatic heterocycles. The molecule has 0 amide bonds. The van der Waals surface area contributed by atoms with Gasteiger partial charge in [-0.15, -0.1) is 0 Å². The molecule has 0 aliphatic carbocycles. The van der Waals surface area contributed by atoms with Crippen molar-refractivity contribution < 1.29 is 19.4 Å². The summed E-state index contributed by atoms with van der Waals surface area (Å²) in [5.41, 5.74) is 5.33. The number of esters is 1. The number of carbonyl (C=O) groups excluding carboxylic acids is 1. The maximum Gasteiger partial charge on any atom is 0.322 e. The third-order valence-electron chi connectivity index (χ3n) is 2.26. The Kier molecular flexibility index (Phi) is 7.49. The summed E-state index contributed by atoms with van der Waals surface area (Å²) in [5.74, 6) is -1.28. The van der Waals surface area contributed by atoms with Crippen LogP contribution in [0.15, 0.2) is 0 Å². The van der Waals surface area contributed by atoms with Crippen molar-refractivity contribution >= 4 is 11.9 Å². The summed E-state index contributed by atoms with van der Waals surface area (Å²) < 4.78 is 4.54. The van der Waals surface area contributed by atoms with Gasteiger partial charge in [-0.1, -0.05) is 6.42 Å². The van der Waals surface area contributed by atoms with E-state index in [0.717, 1.165) is 6.42 Å². The van der Waals surface area contributed by atoms with Gasteiger partial charge in [-0.25, -0.2) is 0 Å². The standard InChI is InChI=1S/C10H20N2O4/c1-7(10(15)16-2)12-6-4-3-5-8(11)9(13)14/h7-8,12H,3-6,11H2,1-2H3,(H,13,14)/t7?,8-/m0/s1. The molecule has 0 saturated heterocycles. The van der Waals surface area contributed by atoms with Crippen LogP contribution in [0.3, 0.4) is 0 Å². The molecule has 0 aromatic rings. The van der Waals surface area contributed by atoms with Crippen LogP contribution in [-0.4, -0.2) is 42.8 Å². The Bertz CT molecular complexity index is 233. The molecule has 94 valence electrons. The van der Waals surface area contributed by atoms with E-state index in [1.54, 1.807) is 6.92 Å². The van der Waals surface area contributed by atoms with E-state index in [1.807, 2.05) is 0 Å². The first kappa shape index (κ1) is 14.9. The molecule has 6 heteroatoms. The highest BCUT2D eigenvalue weighted by molar-refractivity contribution is 5.75. The van der Waals surface area contributed by atoms with Gasteiger partial charge >= 0.3 is 11.9 Å². The van der Waals surface area contributed by atoms with Crippen LogP contribution in [0, 0.1) is 0 Å². The lowest BCUT2D eigenvalue weighted by atomic mass is 10.1. The van der Waals surface area contributed by atoms with Crippen molar-refractivity contribution in [2.45, 2.75) is 38.3 Å². The maximum atomic E-state index is 11.0. The van der Waals surface area contributed by atoms with Crippen molar-refractivity contribution in [1.82, 2.24) is 5.32 Å². The predicted molar refractivity (Wildman–Crippen MR) is 58.9 cm³/mol. The molecule has 0 bridgehead atoms. The van der Waals surface area contributed by atoms with Gasteiger partial charge in [0, 0.05) is 0 Å². The average molecular weight is 232 g/mol. The van der Waals surface area contributed by atoms with Gasteiger partial charge in [0.2, 0.25) is 0 Å². The minimum Gasteiger partial charge on any atom is -0.480 e. The van der Waals surface area contributed by atoms with Gasteiger partial charge in [0.05, 0.1) is 7.11 Å². The first-order chi connectivity index (χ1) is 7.49. The molecule has 0 radical (unpaired) electrons. The fourth-order valence-corrected chi connectivity index (χ4v) is 1.19. The molecule has 2 atom stereocenters. The predicted octanol–water partition coefficient (Wildman–Crippen LogP) is -0.280. The molecule has 16 heavy (non-hydrogen) atoms. The lowest BCUT2D eigenvalue weighted by molar-refractivity contribution is -0.142. The van der Waals surface area contributed by atoms with E-state index < -0.39 is 12.0 Å². The Balaban J connectivity index is 3.47. The molecule has 0 fully saturated rings. The first-order valence-corrected chi connectivity index (χ1v) is 5.28. The number of methoxy groups -OCH3 is 1. The van der Waals surface area contributed by atoms with Crippen LogP contribution < -0.4 is 11.1 Å². The maximum absolute atomic E-state index is 11.0. The number of hydrogen-bond donors (Lipinski definition) is 3. The summed E-state index contributed by atoms with van der Waals surface area (Å²) in [6.07, 6.45) is 1.94. The lowest BCUT2D eigenvalue weighted by Gasteiger charge is -2.11. The van der Waals surface area contributed by atoms with Crippen LogP contribution in [-0.2, 0) is 14.3 Å². The number of carboxylic acid groups (broad SMARTS) is 1. The number of carbonyl (C=O) groups is 2. The van der Waals surface area contributed by atoms with Crippen molar-refractivity contribution in [3.05, 3.63) is 0 Å². The topological polar surface area (TPSA) is 102 Å². The molecule has 0 saturated carbocycles. The van der Waals surface area contributed by atoms with Crippen LogP contribution in [0.1, 0.15) is 26.2 Å². The van der Waals surface area contributed by atoms with Gasteiger partial charge in [-0.3, -0.25) is 9.59 Å². The number of unbranched alkanes of at least 4 members (excludes halogenated alkanes) is 1. The van der Waals surface area contributed by atoms with E-state index in [9.17, 15) is 9.59 Å². The summed E-state index contributed by atoms with van der Waals surface area (Å²) in [5, 5.41) is 11.5. The van der Waals surface area contributed by atoms with Crippen LogP contribution in [0.2, 0.25) is 0 Å². The zero-order chi connectivity index (χ0) is 12.6. The van der Waals surface area contributed by atoms with Crippen molar-refractivity contribution in [1.29, 1.82) is 0 Å². The summed E-state index contributed by atoms with van der Waals surface area (Å²) in [4.78, 5) is 21.4. The first-order valence-electron chi connectivity index (χ1n) is 5.28. The zero-order valence-corrected chi connectivity index (χ0v) is 9.73. The Hall–Kier alpha value is -1.14. The second-order valence-electron chi connectivity index (χ2n) is 3.64. The van der Waals surface area contributed by atoms with Gasteiger partial charge in [0.25, 0.3) is 0 Å². The second kappa shape index (κ2) is 8.06. The van der Waals surface area contributed by atoms with Crippen LogP contribution in [0.25, 0.3) is 0 Å². The van der Waals surface area contributed by atoms with Crippen LogP contribution in [0.4, 0.5) is 0 Å². The fraction of sp³-hybridized carbons (Fsp3) is 0.800. The van der Waals surface area contributed by atoms with E-state index >= 15 is 0 Å². The summed E-state index contributed by atoms with van der Waals surface area (Å²) in [6, 6.07) is -1.13. The van der Waals surface area contributed by atoms with E-state index in [0.29, 0.717) is 19.4 Å². The molecule has 1 unspecified atom stereocenters. The number of carboxylic acids is 1. The van der Waals surface area contributed by atoms with Crippen LogP contribution >= 0.6 is 0 Å². The molecule has 0 spiro atoms. The molecule has 0 heterocycles. The minimum absolute atomic E-state index is 0.303. The van der Waals surface area contributed by atoms with Gasteiger partial charge in [-0.2, -0.15) is 0 Å². The molecule has 0 aliphatic heterocycles. The van der Waals surface area contributed by atoms with E-state index in [2.05, 4.69) is 10.1 Å². The highest BCUT2D eigenvalue weighted by Gasteiger charge is 2.12. The largest absolute Gasteiger partial charge is 0.480 e. The Morgan fingerprint density at radius 3 is 2.56 bits per heavy atom. The van der Waals surface area contributed by atoms with Crippen molar-refractivity contribution in [2.24, 2.45) is 5.73 Å². The Morgan fingerprint density at radius 1 is 1.44 bits per heavy atom. The smallest absolute Gasteiger partial charge is 0.322 e. The number of ether oxygens (including phenoxy) is 1. The Labute approximate surface area is 95.1 Å². The number of hydrogen-bond acceptors (Lipinski definition) is 5.